The molecule has 21 heavy (non-hydrogen) atoms. The fourth-order valence-corrected chi connectivity index (χ4v) is 1.83. The highest BCUT2D eigenvalue weighted by atomic mass is 35.5. The number of hydrogen-bond donors (Lipinski definition) is 1. The van der Waals surface area contributed by atoms with Crippen LogP contribution in [0.3, 0.4) is 0 Å². The molecule has 0 fully saturated rings. The van der Waals surface area contributed by atoms with Crippen molar-refractivity contribution in [2.75, 3.05) is 6.61 Å². The minimum absolute atomic E-state index is 0.309. The topological polar surface area (TPSA) is 51.2 Å². The zero-order valence-electron chi connectivity index (χ0n) is 11.5. The van der Waals surface area contributed by atoms with Crippen molar-refractivity contribution in [3.8, 4) is 0 Å². The molecule has 1 heterocycles. The average Bonchev–Trinajstić information content (AvgIpc) is 2.49. The third-order valence-electron chi connectivity index (χ3n) is 2.65. The summed E-state index contributed by atoms with van der Waals surface area (Å²) in [6, 6.07) is 12.7. The van der Waals surface area contributed by atoms with Crippen LogP contribution in [0.1, 0.15) is 18.2 Å². The molecule has 0 aliphatic carbocycles. The summed E-state index contributed by atoms with van der Waals surface area (Å²) in [7, 11) is 0. The van der Waals surface area contributed by atoms with E-state index in [1.807, 2.05) is 30.3 Å². The first-order valence-electron chi connectivity index (χ1n) is 6.51. The molecule has 0 aliphatic heterocycles. The van der Waals surface area contributed by atoms with E-state index in [0.29, 0.717) is 17.3 Å². The van der Waals surface area contributed by atoms with E-state index in [4.69, 9.17) is 16.3 Å². The molecule has 1 amide bonds. The summed E-state index contributed by atoms with van der Waals surface area (Å²) in [6.07, 6.45) is 2.96. The molecule has 108 valence electrons. The van der Waals surface area contributed by atoms with Crippen LogP contribution in [0.15, 0.2) is 48.7 Å². The van der Waals surface area contributed by atoms with Crippen molar-refractivity contribution in [1.82, 2.24) is 10.3 Å². The minimum Gasteiger partial charge on any atom is -0.450 e. The molecular weight excluding hydrogens is 288 g/mol. The normalized spacial score (nSPS) is 11.0. The minimum atomic E-state index is -0.505. The summed E-state index contributed by atoms with van der Waals surface area (Å²) in [5, 5.41) is 3.35. The molecule has 0 spiro atoms. The maximum absolute atomic E-state index is 11.7. The first-order valence-corrected chi connectivity index (χ1v) is 6.89. The number of nitrogens with zero attached hydrogens (tertiary/aromatic N) is 1. The van der Waals surface area contributed by atoms with Crippen LogP contribution in [-0.2, 0) is 4.74 Å². The molecular formula is C16H15ClN2O2. The molecule has 1 N–H and O–H groups in total. The van der Waals surface area contributed by atoms with Gasteiger partial charge in [0.25, 0.3) is 0 Å². The number of pyridine rings is 1. The number of ether oxygens (including phenoxy) is 1. The summed E-state index contributed by atoms with van der Waals surface area (Å²) in [4.78, 5) is 15.9. The second kappa shape index (κ2) is 7.45. The Hall–Kier alpha value is -2.33. The number of hydrogen-bond acceptors (Lipinski definition) is 3. The molecule has 0 saturated carbocycles. The molecule has 0 aliphatic rings. The number of carbonyl (C=O) groups is 1. The van der Waals surface area contributed by atoms with Crippen molar-refractivity contribution in [3.63, 3.8) is 0 Å². The van der Waals surface area contributed by atoms with Gasteiger partial charge in [-0.1, -0.05) is 29.8 Å². The lowest BCUT2D eigenvalue weighted by atomic mass is 10.1. The van der Waals surface area contributed by atoms with Gasteiger partial charge in [0.2, 0.25) is 0 Å². The van der Waals surface area contributed by atoms with Gasteiger partial charge in [0, 0.05) is 11.2 Å². The fraction of sp³-hybridized carbons (Fsp3) is 0.125. The van der Waals surface area contributed by atoms with Gasteiger partial charge in [0.1, 0.15) is 0 Å². The molecule has 0 atom stereocenters. The van der Waals surface area contributed by atoms with Gasteiger partial charge in [0.15, 0.2) is 0 Å². The van der Waals surface area contributed by atoms with E-state index >= 15 is 0 Å². The van der Waals surface area contributed by atoms with Crippen molar-refractivity contribution in [2.24, 2.45) is 0 Å². The van der Waals surface area contributed by atoms with E-state index in [1.165, 1.54) is 0 Å². The Morgan fingerprint density at radius 2 is 2.05 bits per heavy atom. The van der Waals surface area contributed by atoms with Gasteiger partial charge in [-0.25, -0.2) is 4.79 Å². The standard InChI is InChI=1S/C16H15ClN2O2/c1-2-21-16(20)19-15(11-14-5-3-4-10-18-14)12-6-8-13(17)9-7-12/h3-11H,2H2,1H3,(H,19,20)/b15-11+. The number of aromatic nitrogens is 1. The Morgan fingerprint density at radius 3 is 2.67 bits per heavy atom. The summed E-state index contributed by atoms with van der Waals surface area (Å²) in [5.74, 6) is 0. The fourth-order valence-electron chi connectivity index (χ4n) is 1.71. The molecule has 0 unspecified atom stereocenters. The lowest BCUT2D eigenvalue weighted by molar-refractivity contribution is 0.157. The second-order valence-corrected chi connectivity index (χ2v) is 4.60. The van der Waals surface area contributed by atoms with Gasteiger partial charge >= 0.3 is 6.09 Å². The van der Waals surface area contributed by atoms with E-state index < -0.39 is 6.09 Å². The molecule has 0 saturated heterocycles. The zero-order chi connectivity index (χ0) is 15.1. The third-order valence-corrected chi connectivity index (χ3v) is 2.90. The predicted molar refractivity (Wildman–Crippen MR) is 83.7 cm³/mol. The van der Waals surface area contributed by atoms with Gasteiger partial charge in [-0.15, -0.1) is 0 Å². The Kier molecular flexibility index (Phi) is 5.35. The highest BCUT2D eigenvalue weighted by Crippen LogP contribution is 2.18. The van der Waals surface area contributed by atoms with Crippen molar-refractivity contribution in [2.45, 2.75) is 6.92 Å². The number of amides is 1. The Morgan fingerprint density at radius 1 is 1.29 bits per heavy atom. The van der Waals surface area contributed by atoms with E-state index in [9.17, 15) is 4.79 Å². The molecule has 2 rings (SSSR count). The summed E-state index contributed by atoms with van der Waals surface area (Å²) >= 11 is 5.89. The van der Waals surface area contributed by atoms with Crippen molar-refractivity contribution in [3.05, 3.63) is 64.9 Å². The van der Waals surface area contributed by atoms with Gasteiger partial charge in [-0.05, 0) is 42.8 Å². The third kappa shape index (κ3) is 4.61. The van der Waals surface area contributed by atoms with Crippen molar-refractivity contribution in [1.29, 1.82) is 0 Å². The average molecular weight is 303 g/mol. The quantitative estimate of drug-likeness (QED) is 0.929. The van der Waals surface area contributed by atoms with Crippen molar-refractivity contribution >= 4 is 29.5 Å². The number of carbonyl (C=O) groups excluding carboxylic acids is 1. The van der Waals surface area contributed by atoms with E-state index in [2.05, 4.69) is 10.3 Å². The number of rotatable bonds is 4. The number of alkyl carbamates (subject to hydrolysis) is 1. The molecule has 5 heteroatoms. The van der Waals surface area contributed by atoms with Crippen LogP contribution < -0.4 is 5.32 Å². The zero-order valence-corrected chi connectivity index (χ0v) is 12.3. The van der Waals surface area contributed by atoms with Crippen molar-refractivity contribution < 1.29 is 9.53 Å². The van der Waals surface area contributed by atoms with Gasteiger partial charge < -0.3 is 4.74 Å². The van der Waals surface area contributed by atoms with Gasteiger partial charge in [0.05, 0.1) is 18.0 Å². The first kappa shape index (κ1) is 15.1. The van der Waals surface area contributed by atoms with Crippen LogP contribution in [0.5, 0.6) is 0 Å². The SMILES string of the molecule is CCOC(=O)N/C(=C/c1ccccn1)c1ccc(Cl)cc1. The highest BCUT2D eigenvalue weighted by molar-refractivity contribution is 6.30. The summed E-state index contributed by atoms with van der Waals surface area (Å²) in [6.45, 7) is 2.06. The maximum Gasteiger partial charge on any atom is 0.411 e. The van der Waals surface area contributed by atoms with Gasteiger partial charge in [-0.2, -0.15) is 0 Å². The molecule has 4 nitrogen and oxygen atoms in total. The number of halogens is 1. The van der Waals surface area contributed by atoms with Crippen LogP contribution in [0.4, 0.5) is 4.79 Å². The van der Waals surface area contributed by atoms with E-state index in [1.54, 1.807) is 31.3 Å². The lowest BCUT2D eigenvalue weighted by Gasteiger charge is -2.10. The Balaban J connectivity index is 2.32. The highest BCUT2D eigenvalue weighted by Gasteiger charge is 2.08. The molecule has 0 bridgehead atoms. The smallest absolute Gasteiger partial charge is 0.411 e. The first-order chi connectivity index (χ1) is 10.2. The van der Waals surface area contributed by atoms with E-state index in [-0.39, 0.29) is 0 Å². The van der Waals surface area contributed by atoms with Gasteiger partial charge in [-0.3, -0.25) is 10.3 Å². The van der Waals surface area contributed by atoms with Crippen LogP contribution in [0, 0.1) is 0 Å². The Bertz CT molecular complexity index is 624. The monoisotopic (exact) mass is 302 g/mol. The summed E-state index contributed by atoms with van der Waals surface area (Å²) in [5.41, 5.74) is 2.15. The Labute approximate surface area is 128 Å². The van der Waals surface area contributed by atoms with Crippen LogP contribution in [0.25, 0.3) is 11.8 Å². The lowest BCUT2D eigenvalue weighted by Crippen LogP contribution is -2.22. The molecule has 1 aromatic heterocycles. The predicted octanol–water partition coefficient (Wildman–Crippen LogP) is 3.98. The number of nitrogens with one attached hydrogen (secondary N) is 1. The second-order valence-electron chi connectivity index (χ2n) is 4.16. The molecule has 1 aromatic carbocycles. The van der Waals surface area contributed by atoms with Crippen LogP contribution in [-0.4, -0.2) is 17.7 Å². The molecule has 0 radical (unpaired) electrons. The van der Waals surface area contributed by atoms with E-state index in [0.717, 1.165) is 11.3 Å². The van der Waals surface area contributed by atoms with Crippen LogP contribution >= 0.6 is 11.6 Å². The van der Waals surface area contributed by atoms with Crippen LogP contribution in [0.2, 0.25) is 5.02 Å². The summed E-state index contributed by atoms with van der Waals surface area (Å²) < 4.78 is 4.92. The molecule has 2 aromatic rings. The largest absolute Gasteiger partial charge is 0.450 e. The number of benzene rings is 1. The maximum atomic E-state index is 11.7.